The van der Waals surface area contributed by atoms with Gasteiger partial charge < -0.3 is 0 Å². The number of nitrogens with zero attached hydrogens (tertiary/aromatic N) is 3. The first kappa shape index (κ1) is 19.5. The summed E-state index contributed by atoms with van der Waals surface area (Å²) in [4.78, 5) is 16.1. The van der Waals surface area contributed by atoms with Crippen LogP contribution in [0.5, 0.6) is 0 Å². The number of benzene rings is 3. The van der Waals surface area contributed by atoms with Crippen LogP contribution in [0.4, 0.5) is 10.8 Å². The fourth-order valence-electron chi connectivity index (χ4n) is 2.90. The highest BCUT2D eigenvalue weighted by Crippen LogP contribution is 2.39. The second-order valence-electron chi connectivity index (χ2n) is 6.65. The van der Waals surface area contributed by atoms with Gasteiger partial charge in [0.15, 0.2) is 0 Å². The van der Waals surface area contributed by atoms with Crippen LogP contribution in [-0.2, 0) is 0 Å². The lowest BCUT2D eigenvalue weighted by Crippen LogP contribution is -1.91. The van der Waals surface area contributed by atoms with Crippen LogP contribution >= 0.6 is 11.3 Å². The number of hydrogen-bond acceptors (Lipinski definition) is 6. The quantitative estimate of drug-likeness (QED) is 0.233. The van der Waals surface area contributed by atoms with Crippen molar-refractivity contribution in [3.8, 4) is 21.7 Å². The van der Waals surface area contributed by atoms with Gasteiger partial charge in [0.1, 0.15) is 0 Å². The lowest BCUT2D eigenvalue weighted by Gasteiger charge is -2.03. The fraction of sp³-hybridized carbons (Fsp3) is 0.0435. The summed E-state index contributed by atoms with van der Waals surface area (Å²) >= 11 is 1.53. The maximum absolute atomic E-state index is 10.8. The van der Waals surface area contributed by atoms with Crippen molar-refractivity contribution < 1.29 is 4.92 Å². The predicted molar refractivity (Wildman–Crippen MR) is 122 cm³/mol. The van der Waals surface area contributed by atoms with Crippen molar-refractivity contribution in [1.29, 1.82) is 0 Å². The first-order valence-corrected chi connectivity index (χ1v) is 10.1. The smallest absolute Gasteiger partial charge is 0.258 e. The average molecular weight is 414 g/mol. The largest absolute Gasteiger partial charge is 0.269 e. The van der Waals surface area contributed by atoms with Gasteiger partial charge in [0, 0.05) is 17.7 Å². The number of aryl methyl sites for hydroxylation is 1. The highest BCUT2D eigenvalue weighted by atomic mass is 32.1. The van der Waals surface area contributed by atoms with Gasteiger partial charge in [-0.15, -0.1) is 0 Å². The molecular weight excluding hydrogens is 396 g/mol. The molecule has 148 valence electrons. The number of nitrogens with one attached hydrogen (secondary N) is 1. The third-order valence-electron chi connectivity index (χ3n) is 4.47. The van der Waals surface area contributed by atoms with E-state index in [0.29, 0.717) is 5.13 Å². The molecule has 0 aliphatic heterocycles. The van der Waals surface area contributed by atoms with Gasteiger partial charge in [0.25, 0.3) is 5.69 Å². The van der Waals surface area contributed by atoms with E-state index in [1.807, 2.05) is 18.2 Å². The summed E-state index contributed by atoms with van der Waals surface area (Å²) in [6.07, 6.45) is 1.61. The van der Waals surface area contributed by atoms with E-state index >= 15 is 0 Å². The van der Waals surface area contributed by atoms with Gasteiger partial charge in [0.05, 0.1) is 21.7 Å². The fourth-order valence-corrected chi connectivity index (χ4v) is 3.85. The molecule has 1 N–H and O–H groups in total. The van der Waals surface area contributed by atoms with Crippen LogP contribution in [-0.4, -0.2) is 16.1 Å². The van der Waals surface area contributed by atoms with Crippen molar-refractivity contribution in [1.82, 2.24) is 4.98 Å². The molecule has 6 nitrogen and oxygen atoms in total. The minimum Gasteiger partial charge on any atom is -0.258 e. The van der Waals surface area contributed by atoms with Crippen LogP contribution in [0.2, 0.25) is 0 Å². The summed E-state index contributed by atoms with van der Waals surface area (Å²) in [6.45, 7) is 2.06. The summed E-state index contributed by atoms with van der Waals surface area (Å²) < 4.78 is 0. The Kier molecular flexibility index (Phi) is 5.63. The van der Waals surface area contributed by atoms with E-state index in [-0.39, 0.29) is 5.69 Å². The average Bonchev–Trinajstić information content (AvgIpc) is 3.19. The molecule has 0 spiro atoms. The van der Waals surface area contributed by atoms with Crippen molar-refractivity contribution in [3.63, 3.8) is 0 Å². The lowest BCUT2D eigenvalue weighted by molar-refractivity contribution is -0.384. The second kappa shape index (κ2) is 8.67. The van der Waals surface area contributed by atoms with Crippen LogP contribution in [0.15, 0.2) is 84.0 Å². The Morgan fingerprint density at radius 3 is 2.33 bits per heavy atom. The normalized spacial score (nSPS) is 11.0. The zero-order chi connectivity index (χ0) is 20.9. The number of rotatable bonds is 6. The van der Waals surface area contributed by atoms with Crippen LogP contribution < -0.4 is 5.43 Å². The maximum atomic E-state index is 10.8. The van der Waals surface area contributed by atoms with Gasteiger partial charge in [-0.3, -0.25) is 15.5 Å². The lowest BCUT2D eigenvalue weighted by atomic mass is 10.1. The van der Waals surface area contributed by atoms with Crippen molar-refractivity contribution in [2.24, 2.45) is 5.10 Å². The molecule has 0 fully saturated rings. The number of hydrazone groups is 1. The predicted octanol–water partition coefficient (Wildman–Crippen LogP) is 6.14. The Morgan fingerprint density at radius 1 is 0.967 bits per heavy atom. The second-order valence-corrected chi connectivity index (χ2v) is 7.65. The number of thiazole rings is 1. The van der Waals surface area contributed by atoms with Crippen LogP contribution in [0.3, 0.4) is 0 Å². The molecular formula is C23H18N4O2S. The van der Waals surface area contributed by atoms with Gasteiger partial charge in [0.2, 0.25) is 5.13 Å². The van der Waals surface area contributed by atoms with Gasteiger partial charge in [-0.05, 0) is 30.2 Å². The molecule has 1 heterocycles. The topological polar surface area (TPSA) is 80.4 Å². The monoisotopic (exact) mass is 414 g/mol. The van der Waals surface area contributed by atoms with Crippen molar-refractivity contribution in [2.45, 2.75) is 6.92 Å². The van der Waals surface area contributed by atoms with E-state index in [1.165, 1.54) is 29.0 Å². The van der Waals surface area contributed by atoms with E-state index in [4.69, 9.17) is 4.98 Å². The molecule has 7 heteroatoms. The molecule has 0 unspecified atom stereocenters. The molecule has 4 aromatic rings. The molecule has 0 radical (unpaired) electrons. The maximum Gasteiger partial charge on any atom is 0.269 e. The summed E-state index contributed by atoms with van der Waals surface area (Å²) in [7, 11) is 0. The number of hydrogen-bond donors (Lipinski definition) is 1. The Labute approximate surface area is 177 Å². The third kappa shape index (κ3) is 4.42. The van der Waals surface area contributed by atoms with Gasteiger partial charge in [-0.2, -0.15) is 5.10 Å². The molecule has 0 amide bonds. The molecule has 1 aromatic heterocycles. The van der Waals surface area contributed by atoms with E-state index in [2.05, 4.69) is 53.8 Å². The third-order valence-corrected chi connectivity index (χ3v) is 5.47. The number of aromatic nitrogens is 1. The molecule has 0 saturated carbocycles. The Hall–Kier alpha value is -3.84. The van der Waals surface area contributed by atoms with E-state index in [1.54, 1.807) is 18.3 Å². The first-order valence-electron chi connectivity index (χ1n) is 9.27. The summed E-state index contributed by atoms with van der Waals surface area (Å²) in [5.41, 5.74) is 8.03. The van der Waals surface area contributed by atoms with Crippen molar-refractivity contribution in [3.05, 3.63) is 100 Å². The zero-order valence-corrected chi connectivity index (χ0v) is 17.0. The minimum absolute atomic E-state index is 0.0512. The van der Waals surface area contributed by atoms with Crippen molar-refractivity contribution >= 4 is 28.4 Å². The summed E-state index contributed by atoms with van der Waals surface area (Å²) in [5.74, 6) is 0. The van der Waals surface area contributed by atoms with Gasteiger partial charge in [-0.25, -0.2) is 4.98 Å². The molecule has 0 saturated heterocycles. The number of anilines is 1. The molecule has 0 aliphatic rings. The molecule has 0 aliphatic carbocycles. The minimum atomic E-state index is -0.424. The van der Waals surface area contributed by atoms with E-state index in [9.17, 15) is 10.1 Å². The van der Waals surface area contributed by atoms with Crippen molar-refractivity contribution in [2.75, 3.05) is 5.43 Å². The number of non-ortho nitro benzene ring substituents is 1. The molecule has 30 heavy (non-hydrogen) atoms. The first-order chi connectivity index (χ1) is 14.6. The van der Waals surface area contributed by atoms with Gasteiger partial charge in [-0.1, -0.05) is 71.5 Å². The zero-order valence-electron chi connectivity index (χ0n) is 16.1. The van der Waals surface area contributed by atoms with Crippen LogP contribution in [0.25, 0.3) is 21.7 Å². The standard InChI is InChI=1S/C23H18N4O2S/c1-16-7-11-18(12-8-16)21-22(19-5-3-2-4-6-19)30-23(25-21)26-24-15-17-9-13-20(14-10-17)27(28)29/h2-15H,1H3,(H,25,26)/b24-15-. The Bertz CT molecular complexity index is 1180. The van der Waals surface area contributed by atoms with E-state index < -0.39 is 4.92 Å². The highest BCUT2D eigenvalue weighted by Gasteiger charge is 2.14. The summed E-state index contributed by atoms with van der Waals surface area (Å²) in [6, 6.07) is 24.6. The van der Waals surface area contributed by atoms with Gasteiger partial charge >= 0.3 is 0 Å². The van der Waals surface area contributed by atoms with Crippen LogP contribution in [0, 0.1) is 17.0 Å². The molecule has 0 bridgehead atoms. The molecule has 3 aromatic carbocycles. The highest BCUT2D eigenvalue weighted by molar-refractivity contribution is 7.19. The number of nitro groups is 1. The Balaban J connectivity index is 1.60. The molecule has 0 atom stereocenters. The van der Waals surface area contributed by atoms with Crippen LogP contribution in [0.1, 0.15) is 11.1 Å². The SMILES string of the molecule is Cc1ccc(-c2nc(N/N=C\c3ccc([N+](=O)[O-])cc3)sc2-c2ccccc2)cc1. The summed E-state index contributed by atoms with van der Waals surface area (Å²) in [5, 5.41) is 15.7. The number of nitro benzene ring substituents is 1. The Morgan fingerprint density at radius 2 is 1.67 bits per heavy atom. The molecule has 4 rings (SSSR count). The van der Waals surface area contributed by atoms with E-state index in [0.717, 1.165) is 27.3 Å².